The maximum absolute atomic E-state index is 13.4. The fraction of sp³-hybridized carbons (Fsp3) is 0.350. The molecular formula is C20H23N5O. The van der Waals surface area contributed by atoms with Crippen LogP contribution in [0.1, 0.15) is 47.9 Å². The van der Waals surface area contributed by atoms with Gasteiger partial charge in [0.05, 0.1) is 17.1 Å². The first-order chi connectivity index (χ1) is 12.5. The van der Waals surface area contributed by atoms with E-state index in [1.54, 1.807) is 6.20 Å². The van der Waals surface area contributed by atoms with Crippen LogP contribution in [0, 0.1) is 6.92 Å². The Morgan fingerprint density at radius 3 is 2.88 bits per heavy atom. The lowest BCUT2D eigenvalue weighted by molar-refractivity contribution is 0.0986. The third-order valence-corrected chi connectivity index (χ3v) is 4.95. The minimum absolute atomic E-state index is 0.0182. The number of benzene rings is 1. The van der Waals surface area contributed by atoms with E-state index >= 15 is 0 Å². The van der Waals surface area contributed by atoms with Gasteiger partial charge in [0, 0.05) is 29.7 Å². The molecule has 0 fully saturated rings. The molecule has 6 heteroatoms. The number of hydrogen-bond acceptors (Lipinski definition) is 4. The van der Waals surface area contributed by atoms with Crippen LogP contribution >= 0.6 is 0 Å². The number of amides is 1. The summed E-state index contributed by atoms with van der Waals surface area (Å²) < 4.78 is 1.86. The summed E-state index contributed by atoms with van der Waals surface area (Å²) in [4.78, 5) is 19.9. The molecule has 1 amide bonds. The molecule has 0 saturated carbocycles. The zero-order valence-electron chi connectivity index (χ0n) is 15.4. The maximum atomic E-state index is 13.4. The predicted molar refractivity (Wildman–Crippen MR) is 104 cm³/mol. The van der Waals surface area contributed by atoms with Crippen LogP contribution in [-0.4, -0.2) is 27.2 Å². The van der Waals surface area contributed by atoms with Crippen LogP contribution in [0.15, 0.2) is 30.5 Å². The maximum Gasteiger partial charge on any atom is 0.259 e. The van der Waals surface area contributed by atoms with Gasteiger partial charge in [-0.05, 0) is 57.4 Å². The van der Waals surface area contributed by atoms with Gasteiger partial charge in [-0.3, -0.25) is 4.79 Å². The topological polar surface area (TPSA) is 77.0 Å². The minimum atomic E-state index is -0.0182. The molecule has 0 radical (unpaired) electrons. The van der Waals surface area contributed by atoms with E-state index in [2.05, 4.69) is 23.9 Å². The number of fused-ring (bicyclic) bond motifs is 2. The SMILES string of the molecule is Cc1cc(C(=O)N2CCCc3c(N)cccc32)c2cnn(C(C)C)c2n1. The van der Waals surface area contributed by atoms with Crippen LogP contribution in [0.2, 0.25) is 0 Å². The van der Waals surface area contributed by atoms with Gasteiger partial charge in [-0.1, -0.05) is 6.07 Å². The number of nitrogen functional groups attached to an aromatic ring is 1. The predicted octanol–water partition coefficient (Wildman–Crippen LogP) is 3.50. The summed E-state index contributed by atoms with van der Waals surface area (Å²) in [6.07, 6.45) is 3.56. The largest absolute Gasteiger partial charge is 0.398 e. The van der Waals surface area contributed by atoms with Gasteiger partial charge in [-0.25, -0.2) is 9.67 Å². The second-order valence-corrected chi connectivity index (χ2v) is 7.14. The van der Waals surface area contributed by atoms with Crippen molar-refractivity contribution in [3.63, 3.8) is 0 Å². The standard InChI is InChI=1S/C20H23N5O/c1-12(2)25-19-16(11-22-25)15(10-13(3)23-19)20(26)24-9-5-6-14-17(21)7-4-8-18(14)24/h4,7-8,10-12H,5-6,9,21H2,1-3H3. The number of anilines is 2. The summed E-state index contributed by atoms with van der Waals surface area (Å²) in [5.41, 5.74) is 11.1. The summed E-state index contributed by atoms with van der Waals surface area (Å²) in [6.45, 7) is 6.72. The van der Waals surface area contributed by atoms with Gasteiger partial charge in [0.15, 0.2) is 5.65 Å². The van der Waals surface area contributed by atoms with Crippen LogP contribution in [-0.2, 0) is 6.42 Å². The quantitative estimate of drug-likeness (QED) is 0.718. The normalized spacial score (nSPS) is 14.1. The van der Waals surface area contributed by atoms with Crippen molar-refractivity contribution in [3.8, 4) is 0 Å². The van der Waals surface area contributed by atoms with Crippen LogP contribution in [0.3, 0.4) is 0 Å². The van der Waals surface area contributed by atoms with E-state index in [1.807, 2.05) is 40.8 Å². The Kier molecular flexibility index (Phi) is 3.90. The van der Waals surface area contributed by atoms with Crippen molar-refractivity contribution in [1.82, 2.24) is 14.8 Å². The Morgan fingerprint density at radius 2 is 2.12 bits per heavy atom. The number of pyridine rings is 1. The van der Waals surface area contributed by atoms with E-state index < -0.39 is 0 Å². The van der Waals surface area contributed by atoms with Crippen molar-refractivity contribution in [2.75, 3.05) is 17.2 Å². The Hall–Kier alpha value is -2.89. The minimum Gasteiger partial charge on any atom is -0.398 e. The van der Waals surface area contributed by atoms with E-state index in [9.17, 15) is 4.79 Å². The summed E-state index contributed by atoms with van der Waals surface area (Å²) >= 11 is 0. The smallest absolute Gasteiger partial charge is 0.259 e. The van der Waals surface area contributed by atoms with Gasteiger partial charge in [0.25, 0.3) is 5.91 Å². The Labute approximate surface area is 152 Å². The molecule has 4 rings (SSSR count). The molecule has 134 valence electrons. The average molecular weight is 349 g/mol. The van der Waals surface area contributed by atoms with Gasteiger partial charge in [0.1, 0.15) is 0 Å². The first-order valence-corrected chi connectivity index (χ1v) is 9.01. The summed E-state index contributed by atoms with van der Waals surface area (Å²) in [5.74, 6) is -0.0182. The highest BCUT2D eigenvalue weighted by molar-refractivity contribution is 6.13. The van der Waals surface area contributed by atoms with Crippen molar-refractivity contribution >= 4 is 28.3 Å². The first-order valence-electron chi connectivity index (χ1n) is 9.01. The second-order valence-electron chi connectivity index (χ2n) is 7.14. The fourth-order valence-corrected chi connectivity index (χ4v) is 3.71. The highest BCUT2D eigenvalue weighted by atomic mass is 16.2. The molecule has 3 heterocycles. The average Bonchev–Trinajstić information content (AvgIpc) is 3.04. The monoisotopic (exact) mass is 349 g/mol. The molecule has 0 unspecified atom stereocenters. The molecule has 3 aromatic rings. The number of nitrogens with two attached hydrogens (primary N) is 1. The van der Waals surface area contributed by atoms with Crippen molar-refractivity contribution in [3.05, 3.63) is 47.3 Å². The number of aryl methyl sites for hydroxylation is 1. The van der Waals surface area contributed by atoms with E-state index in [0.717, 1.165) is 46.5 Å². The molecule has 2 aromatic heterocycles. The molecule has 0 atom stereocenters. The Morgan fingerprint density at radius 1 is 1.31 bits per heavy atom. The lowest BCUT2D eigenvalue weighted by Crippen LogP contribution is -2.36. The van der Waals surface area contributed by atoms with Gasteiger partial charge in [-0.2, -0.15) is 5.10 Å². The number of carbonyl (C=O) groups is 1. The van der Waals surface area contributed by atoms with Crippen LogP contribution in [0.25, 0.3) is 11.0 Å². The zero-order chi connectivity index (χ0) is 18.4. The molecule has 6 nitrogen and oxygen atoms in total. The number of rotatable bonds is 2. The molecule has 26 heavy (non-hydrogen) atoms. The Bertz CT molecular complexity index is 1000. The fourth-order valence-electron chi connectivity index (χ4n) is 3.71. The molecular weight excluding hydrogens is 326 g/mol. The molecule has 1 aromatic carbocycles. The molecule has 0 saturated heterocycles. The molecule has 0 aliphatic carbocycles. The molecule has 1 aliphatic rings. The molecule has 1 aliphatic heterocycles. The zero-order valence-corrected chi connectivity index (χ0v) is 15.4. The lowest BCUT2D eigenvalue weighted by Gasteiger charge is -2.30. The van der Waals surface area contributed by atoms with Crippen molar-refractivity contribution in [1.29, 1.82) is 0 Å². The van der Waals surface area contributed by atoms with Crippen LogP contribution < -0.4 is 10.6 Å². The molecule has 0 bridgehead atoms. The third-order valence-electron chi connectivity index (χ3n) is 4.95. The number of carbonyl (C=O) groups excluding carboxylic acids is 1. The van der Waals surface area contributed by atoms with Crippen molar-refractivity contribution in [2.24, 2.45) is 0 Å². The lowest BCUT2D eigenvalue weighted by atomic mass is 9.98. The van der Waals surface area contributed by atoms with Crippen LogP contribution in [0.4, 0.5) is 11.4 Å². The first kappa shape index (κ1) is 16.6. The summed E-state index contributed by atoms with van der Waals surface area (Å²) in [7, 11) is 0. The van der Waals surface area contributed by atoms with Gasteiger partial charge in [-0.15, -0.1) is 0 Å². The van der Waals surface area contributed by atoms with Gasteiger partial charge < -0.3 is 10.6 Å². The van der Waals surface area contributed by atoms with E-state index in [0.29, 0.717) is 12.1 Å². The van der Waals surface area contributed by atoms with Gasteiger partial charge >= 0.3 is 0 Å². The molecule has 0 spiro atoms. The number of aromatic nitrogens is 3. The number of nitrogens with zero attached hydrogens (tertiary/aromatic N) is 4. The van der Waals surface area contributed by atoms with E-state index in [4.69, 9.17) is 5.73 Å². The van der Waals surface area contributed by atoms with E-state index in [-0.39, 0.29) is 11.9 Å². The third kappa shape index (κ3) is 2.53. The van der Waals surface area contributed by atoms with E-state index in [1.165, 1.54) is 0 Å². The summed E-state index contributed by atoms with van der Waals surface area (Å²) in [6, 6.07) is 7.82. The Balaban J connectivity index is 1.85. The van der Waals surface area contributed by atoms with Gasteiger partial charge in [0.2, 0.25) is 0 Å². The molecule has 2 N–H and O–H groups in total. The number of hydrogen-bond donors (Lipinski definition) is 1. The summed E-state index contributed by atoms with van der Waals surface area (Å²) in [5, 5.41) is 5.24. The second kappa shape index (κ2) is 6.12. The highest BCUT2D eigenvalue weighted by Gasteiger charge is 2.27. The van der Waals surface area contributed by atoms with Crippen molar-refractivity contribution < 1.29 is 4.79 Å². The highest BCUT2D eigenvalue weighted by Crippen LogP contribution is 2.33. The van der Waals surface area contributed by atoms with Crippen LogP contribution in [0.5, 0.6) is 0 Å². The van der Waals surface area contributed by atoms with Crippen molar-refractivity contribution in [2.45, 2.75) is 39.7 Å².